The Kier molecular flexibility index (Phi) is 7.07. The van der Waals surface area contributed by atoms with Crippen molar-refractivity contribution < 1.29 is 14.3 Å². The zero-order valence-corrected chi connectivity index (χ0v) is 20.6. The van der Waals surface area contributed by atoms with E-state index in [2.05, 4.69) is 39.0 Å². The first kappa shape index (κ1) is 23.2. The van der Waals surface area contributed by atoms with Crippen LogP contribution in [-0.4, -0.2) is 80.1 Å². The second-order valence-corrected chi connectivity index (χ2v) is 9.87. The van der Waals surface area contributed by atoms with Crippen molar-refractivity contribution in [2.75, 3.05) is 53.5 Å². The van der Waals surface area contributed by atoms with Gasteiger partial charge in [-0.3, -0.25) is 14.6 Å². The van der Waals surface area contributed by atoms with Crippen LogP contribution in [0.4, 0.5) is 0 Å². The molecule has 0 bridgehead atoms. The van der Waals surface area contributed by atoms with Crippen LogP contribution in [0.25, 0.3) is 11.1 Å². The predicted molar refractivity (Wildman–Crippen MR) is 134 cm³/mol. The van der Waals surface area contributed by atoms with Gasteiger partial charge >= 0.3 is 0 Å². The Hall–Kier alpha value is -2.57. The Morgan fingerprint density at radius 2 is 1.56 bits per heavy atom. The number of nitrogens with zero attached hydrogens (tertiary/aromatic N) is 3. The minimum absolute atomic E-state index is 0.288. The van der Waals surface area contributed by atoms with Gasteiger partial charge in [0.1, 0.15) is 0 Å². The summed E-state index contributed by atoms with van der Waals surface area (Å²) in [7, 11) is 3.32. The maximum Gasteiger partial charge on any atom is 0.236 e. The Morgan fingerprint density at radius 1 is 0.853 bits per heavy atom. The molecule has 2 aromatic rings. The molecule has 1 saturated carbocycles. The fourth-order valence-electron chi connectivity index (χ4n) is 5.84. The lowest BCUT2D eigenvalue weighted by atomic mass is 9.94. The molecule has 6 nitrogen and oxygen atoms in total. The van der Waals surface area contributed by atoms with Crippen molar-refractivity contribution in [2.45, 2.75) is 44.7 Å². The minimum atomic E-state index is 0.288. The number of piperazine rings is 1. The SMILES string of the molecule is COc1ccc(-c2ccc3c(c2)CCN(CC(=O)N2CCN(C4CCCC4)CC2)C3)cc1OC. The number of methoxy groups -OCH3 is 2. The van der Waals surface area contributed by atoms with E-state index < -0.39 is 0 Å². The van der Waals surface area contributed by atoms with Gasteiger partial charge in [0.05, 0.1) is 20.8 Å². The van der Waals surface area contributed by atoms with E-state index in [1.807, 2.05) is 12.1 Å². The number of carbonyl (C=O) groups is 1. The highest BCUT2D eigenvalue weighted by Crippen LogP contribution is 2.34. The van der Waals surface area contributed by atoms with E-state index in [1.54, 1.807) is 14.2 Å². The number of hydrogen-bond donors (Lipinski definition) is 0. The number of fused-ring (bicyclic) bond motifs is 1. The molecule has 1 aliphatic carbocycles. The Bertz CT molecular complexity index is 1010. The summed E-state index contributed by atoms with van der Waals surface area (Å²) in [6, 6.07) is 13.5. The standard InChI is InChI=1S/C28H37N3O3/c1-33-26-10-9-22(18-27(26)34-2)21-7-8-24-19-29(12-11-23(24)17-21)20-28(32)31-15-13-30(14-16-31)25-5-3-4-6-25/h7-10,17-18,25H,3-6,11-16,19-20H2,1-2H3. The fraction of sp³-hybridized carbons (Fsp3) is 0.536. The number of ether oxygens (including phenoxy) is 2. The zero-order valence-electron chi connectivity index (χ0n) is 20.6. The summed E-state index contributed by atoms with van der Waals surface area (Å²) in [6.45, 7) is 6.14. The van der Waals surface area contributed by atoms with Crippen LogP contribution in [0, 0.1) is 0 Å². The molecule has 182 valence electrons. The maximum atomic E-state index is 13.0. The van der Waals surface area contributed by atoms with Crippen LogP contribution in [0.1, 0.15) is 36.8 Å². The van der Waals surface area contributed by atoms with Crippen LogP contribution >= 0.6 is 0 Å². The zero-order chi connectivity index (χ0) is 23.5. The van der Waals surface area contributed by atoms with Crippen LogP contribution in [-0.2, 0) is 17.8 Å². The van der Waals surface area contributed by atoms with Crippen LogP contribution in [0.3, 0.4) is 0 Å². The summed E-state index contributed by atoms with van der Waals surface area (Å²) in [5.41, 5.74) is 5.01. The molecule has 2 fully saturated rings. The third-order valence-corrected chi connectivity index (χ3v) is 7.88. The summed E-state index contributed by atoms with van der Waals surface area (Å²) >= 11 is 0. The largest absolute Gasteiger partial charge is 0.493 e. The van der Waals surface area contributed by atoms with E-state index in [0.717, 1.165) is 68.8 Å². The average Bonchev–Trinajstić information content (AvgIpc) is 3.43. The molecule has 34 heavy (non-hydrogen) atoms. The van der Waals surface area contributed by atoms with Crippen molar-refractivity contribution in [3.05, 3.63) is 47.5 Å². The summed E-state index contributed by atoms with van der Waals surface area (Å²) in [4.78, 5) is 20.0. The van der Waals surface area contributed by atoms with Gasteiger partial charge in [0, 0.05) is 45.3 Å². The first-order valence-corrected chi connectivity index (χ1v) is 12.7. The van der Waals surface area contributed by atoms with Crippen LogP contribution < -0.4 is 9.47 Å². The molecule has 0 atom stereocenters. The highest BCUT2D eigenvalue weighted by molar-refractivity contribution is 5.78. The lowest BCUT2D eigenvalue weighted by Gasteiger charge is -2.39. The summed E-state index contributed by atoms with van der Waals surface area (Å²) < 4.78 is 10.8. The first-order valence-electron chi connectivity index (χ1n) is 12.7. The van der Waals surface area contributed by atoms with Crippen molar-refractivity contribution in [1.29, 1.82) is 0 Å². The molecule has 0 unspecified atom stereocenters. The number of carbonyl (C=O) groups excluding carboxylic acids is 1. The van der Waals surface area contributed by atoms with E-state index in [1.165, 1.54) is 42.4 Å². The van der Waals surface area contributed by atoms with Gasteiger partial charge in [-0.2, -0.15) is 0 Å². The fourth-order valence-corrected chi connectivity index (χ4v) is 5.84. The van der Waals surface area contributed by atoms with Gasteiger partial charge in [-0.1, -0.05) is 37.1 Å². The van der Waals surface area contributed by atoms with Crippen LogP contribution in [0.15, 0.2) is 36.4 Å². The van der Waals surface area contributed by atoms with Gasteiger partial charge in [-0.05, 0) is 53.6 Å². The first-order chi connectivity index (χ1) is 16.6. The molecule has 3 aliphatic rings. The van der Waals surface area contributed by atoms with Crippen LogP contribution in [0.5, 0.6) is 11.5 Å². The number of hydrogen-bond acceptors (Lipinski definition) is 5. The van der Waals surface area contributed by atoms with E-state index in [0.29, 0.717) is 6.54 Å². The van der Waals surface area contributed by atoms with Crippen molar-refractivity contribution in [1.82, 2.24) is 14.7 Å². The van der Waals surface area contributed by atoms with Gasteiger partial charge < -0.3 is 14.4 Å². The average molecular weight is 464 g/mol. The van der Waals surface area contributed by atoms with E-state index in [4.69, 9.17) is 9.47 Å². The number of benzene rings is 2. The number of amides is 1. The molecule has 2 aromatic carbocycles. The molecular weight excluding hydrogens is 426 g/mol. The highest BCUT2D eigenvalue weighted by atomic mass is 16.5. The molecule has 5 rings (SSSR count). The molecule has 6 heteroatoms. The van der Waals surface area contributed by atoms with E-state index >= 15 is 0 Å². The van der Waals surface area contributed by atoms with Crippen molar-refractivity contribution in [2.24, 2.45) is 0 Å². The second-order valence-electron chi connectivity index (χ2n) is 9.87. The topological polar surface area (TPSA) is 45.2 Å². The normalized spacial score (nSPS) is 19.8. The van der Waals surface area contributed by atoms with Crippen molar-refractivity contribution >= 4 is 5.91 Å². The third-order valence-electron chi connectivity index (χ3n) is 7.88. The van der Waals surface area contributed by atoms with Crippen molar-refractivity contribution in [3.8, 4) is 22.6 Å². The minimum Gasteiger partial charge on any atom is -0.493 e. The molecular formula is C28H37N3O3. The summed E-state index contributed by atoms with van der Waals surface area (Å²) in [6.07, 6.45) is 6.40. The molecule has 1 saturated heterocycles. The molecule has 0 spiro atoms. The van der Waals surface area contributed by atoms with Gasteiger partial charge in [0.2, 0.25) is 5.91 Å². The van der Waals surface area contributed by atoms with E-state index in [-0.39, 0.29) is 5.91 Å². The Morgan fingerprint density at radius 3 is 2.29 bits per heavy atom. The molecule has 0 radical (unpaired) electrons. The highest BCUT2D eigenvalue weighted by Gasteiger charge is 2.29. The summed E-state index contributed by atoms with van der Waals surface area (Å²) in [5.74, 6) is 1.77. The monoisotopic (exact) mass is 463 g/mol. The number of rotatable bonds is 6. The lowest BCUT2D eigenvalue weighted by Crippen LogP contribution is -2.53. The molecule has 0 aromatic heterocycles. The molecule has 2 heterocycles. The summed E-state index contributed by atoms with van der Waals surface area (Å²) in [5, 5.41) is 0. The molecule has 1 amide bonds. The van der Waals surface area contributed by atoms with E-state index in [9.17, 15) is 4.79 Å². The van der Waals surface area contributed by atoms with Gasteiger partial charge in [0.25, 0.3) is 0 Å². The Labute approximate surface area is 203 Å². The lowest BCUT2D eigenvalue weighted by molar-refractivity contribution is -0.134. The van der Waals surface area contributed by atoms with Gasteiger partial charge in [-0.25, -0.2) is 0 Å². The second kappa shape index (κ2) is 10.4. The quantitative estimate of drug-likeness (QED) is 0.652. The predicted octanol–water partition coefficient (Wildman–Crippen LogP) is 3.82. The third kappa shape index (κ3) is 4.93. The smallest absolute Gasteiger partial charge is 0.236 e. The van der Waals surface area contributed by atoms with Gasteiger partial charge in [0.15, 0.2) is 11.5 Å². The van der Waals surface area contributed by atoms with Crippen molar-refractivity contribution in [3.63, 3.8) is 0 Å². The van der Waals surface area contributed by atoms with Crippen LogP contribution in [0.2, 0.25) is 0 Å². The molecule has 2 aliphatic heterocycles. The Balaban J connectivity index is 1.18. The molecule has 0 N–H and O–H groups in total. The van der Waals surface area contributed by atoms with Gasteiger partial charge in [-0.15, -0.1) is 0 Å². The maximum absolute atomic E-state index is 13.0.